The first-order valence-electron chi connectivity index (χ1n) is 10.3. The number of nitrogens with zero attached hydrogens (tertiary/aromatic N) is 1. The molecule has 1 aliphatic heterocycles. The molecular weight excluding hydrogens is 354 g/mol. The van der Waals surface area contributed by atoms with E-state index in [1.54, 1.807) is 0 Å². The molecule has 2 nitrogen and oxygen atoms in total. The minimum Gasteiger partial charge on any atom is -0.325 e. The zero-order valence-corrected chi connectivity index (χ0v) is 16.8. The zero-order valence-electron chi connectivity index (χ0n) is 16.8. The van der Waals surface area contributed by atoms with E-state index < -0.39 is 5.54 Å². The number of rotatable bonds is 3. The molecule has 4 atom stereocenters. The van der Waals surface area contributed by atoms with Crippen LogP contribution in [0.1, 0.15) is 48.1 Å². The summed E-state index contributed by atoms with van der Waals surface area (Å²) >= 11 is 0. The molecule has 0 N–H and O–H groups in total. The number of fused-ring (bicyclic) bond motifs is 3. The second kappa shape index (κ2) is 6.73. The molecule has 5 rings (SSSR count). The summed E-state index contributed by atoms with van der Waals surface area (Å²) in [7, 11) is 0. The molecule has 0 spiro atoms. The molecule has 1 heterocycles. The summed E-state index contributed by atoms with van der Waals surface area (Å²) in [6.07, 6.45) is 4.46. The highest BCUT2D eigenvalue weighted by Gasteiger charge is 2.58. The first kappa shape index (κ1) is 17.9. The summed E-state index contributed by atoms with van der Waals surface area (Å²) in [5.74, 6) is 0.167. The second-order valence-corrected chi connectivity index (χ2v) is 8.30. The van der Waals surface area contributed by atoms with Gasteiger partial charge in [-0.1, -0.05) is 97.1 Å². The van der Waals surface area contributed by atoms with Gasteiger partial charge in [-0.3, -0.25) is 4.79 Å². The molecule has 0 unspecified atom stereocenters. The van der Waals surface area contributed by atoms with Crippen LogP contribution in [0, 0.1) is 5.92 Å². The van der Waals surface area contributed by atoms with Gasteiger partial charge in [0.05, 0.1) is 17.5 Å². The van der Waals surface area contributed by atoms with Crippen molar-refractivity contribution in [3.8, 4) is 0 Å². The van der Waals surface area contributed by atoms with Gasteiger partial charge in [0.1, 0.15) is 0 Å². The lowest BCUT2D eigenvalue weighted by Crippen LogP contribution is -2.45. The molecule has 0 aromatic heterocycles. The van der Waals surface area contributed by atoms with E-state index in [0.29, 0.717) is 0 Å². The van der Waals surface area contributed by atoms with Crippen LogP contribution in [0.15, 0.2) is 91.0 Å². The highest BCUT2D eigenvalue weighted by molar-refractivity contribution is 5.91. The molecule has 1 saturated heterocycles. The molecule has 3 aromatic rings. The molecule has 0 saturated carbocycles. The fourth-order valence-corrected chi connectivity index (χ4v) is 5.38. The van der Waals surface area contributed by atoms with Crippen LogP contribution >= 0.6 is 0 Å². The molecule has 0 radical (unpaired) electrons. The summed E-state index contributed by atoms with van der Waals surface area (Å²) in [5, 5.41) is 0. The van der Waals surface area contributed by atoms with Crippen LogP contribution in [0.25, 0.3) is 6.08 Å². The van der Waals surface area contributed by atoms with Gasteiger partial charge in [-0.25, -0.2) is 0 Å². The molecule has 1 aliphatic carbocycles. The van der Waals surface area contributed by atoms with Gasteiger partial charge in [-0.05, 0) is 36.1 Å². The Hall–Kier alpha value is -3.13. The quantitative estimate of drug-likeness (QED) is 0.552. The van der Waals surface area contributed by atoms with Gasteiger partial charge in [0.2, 0.25) is 5.91 Å². The van der Waals surface area contributed by atoms with Crippen LogP contribution in [0.4, 0.5) is 0 Å². The fraction of sp³-hybridized carbons (Fsp3) is 0.222. The van der Waals surface area contributed by atoms with Crippen LogP contribution in [0.2, 0.25) is 0 Å². The Labute approximate surface area is 172 Å². The van der Waals surface area contributed by atoms with Crippen molar-refractivity contribution in [3.05, 3.63) is 113 Å². The molecule has 2 heteroatoms. The van der Waals surface area contributed by atoms with E-state index >= 15 is 0 Å². The maximum Gasteiger partial charge on any atom is 0.232 e. The maximum absolute atomic E-state index is 14.0. The normalized spacial score (nSPS) is 26.1. The van der Waals surface area contributed by atoms with Crippen LogP contribution in [-0.2, 0) is 10.3 Å². The van der Waals surface area contributed by atoms with Crippen molar-refractivity contribution in [1.82, 2.24) is 4.90 Å². The fourth-order valence-electron chi connectivity index (χ4n) is 5.38. The van der Waals surface area contributed by atoms with Gasteiger partial charge in [-0.2, -0.15) is 0 Å². The third-order valence-corrected chi connectivity index (χ3v) is 6.85. The molecule has 1 amide bonds. The van der Waals surface area contributed by atoms with Gasteiger partial charge in [0.15, 0.2) is 0 Å². The highest BCUT2D eigenvalue weighted by Crippen LogP contribution is 2.56. The molecule has 2 aliphatic rings. The number of likely N-dealkylation sites (tertiary alicyclic amines) is 1. The van der Waals surface area contributed by atoms with Crippen LogP contribution in [0.3, 0.4) is 0 Å². The van der Waals surface area contributed by atoms with Gasteiger partial charge in [0.25, 0.3) is 0 Å². The van der Waals surface area contributed by atoms with E-state index in [9.17, 15) is 4.79 Å². The number of hydrogen-bond donors (Lipinski definition) is 0. The summed E-state index contributed by atoms with van der Waals surface area (Å²) in [4.78, 5) is 16.1. The lowest BCUT2D eigenvalue weighted by Gasteiger charge is -2.43. The SMILES string of the molecule is C[C@H](c1ccccc1)N1C(=O)[C@H]2c3ccccc3C=C[C@H]2[C@]1(C)c1ccccc1. The molecule has 29 heavy (non-hydrogen) atoms. The minimum absolute atomic E-state index is 0.0138. The number of carbonyl (C=O) groups is 1. The van der Waals surface area contributed by atoms with E-state index in [2.05, 4.69) is 91.6 Å². The highest BCUT2D eigenvalue weighted by atomic mass is 16.2. The summed E-state index contributed by atoms with van der Waals surface area (Å²) < 4.78 is 0. The van der Waals surface area contributed by atoms with Crippen molar-refractivity contribution in [2.24, 2.45) is 5.92 Å². The monoisotopic (exact) mass is 379 g/mol. The molecule has 1 fully saturated rings. The Bertz CT molecular complexity index is 1070. The Morgan fingerprint density at radius 3 is 2.21 bits per heavy atom. The van der Waals surface area contributed by atoms with Crippen molar-refractivity contribution in [2.45, 2.75) is 31.3 Å². The third-order valence-electron chi connectivity index (χ3n) is 6.85. The molecule has 3 aromatic carbocycles. The van der Waals surface area contributed by atoms with Gasteiger partial charge in [-0.15, -0.1) is 0 Å². The lowest BCUT2D eigenvalue weighted by atomic mass is 9.71. The summed E-state index contributed by atoms with van der Waals surface area (Å²) in [5.41, 5.74) is 4.25. The van der Waals surface area contributed by atoms with E-state index in [-0.39, 0.29) is 23.8 Å². The first-order chi connectivity index (χ1) is 14.1. The average molecular weight is 380 g/mol. The van der Waals surface area contributed by atoms with Crippen molar-refractivity contribution in [1.29, 1.82) is 0 Å². The van der Waals surface area contributed by atoms with Gasteiger partial charge in [0, 0.05) is 5.92 Å². The molecule has 144 valence electrons. The average Bonchev–Trinajstić information content (AvgIpc) is 3.02. The van der Waals surface area contributed by atoms with Crippen LogP contribution < -0.4 is 0 Å². The maximum atomic E-state index is 14.0. The summed E-state index contributed by atoms with van der Waals surface area (Å²) in [6.45, 7) is 4.39. The lowest BCUT2D eigenvalue weighted by molar-refractivity contribution is -0.134. The summed E-state index contributed by atoms with van der Waals surface area (Å²) in [6, 6.07) is 29.2. The predicted octanol–water partition coefficient (Wildman–Crippen LogP) is 5.93. The van der Waals surface area contributed by atoms with Crippen LogP contribution in [-0.4, -0.2) is 10.8 Å². The number of amides is 1. The first-order valence-corrected chi connectivity index (χ1v) is 10.3. The Morgan fingerprint density at radius 2 is 1.48 bits per heavy atom. The van der Waals surface area contributed by atoms with Crippen molar-refractivity contribution in [2.75, 3.05) is 0 Å². The Morgan fingerprint density at radius 1 is 0.862 bits per heavy atom. The number of benzene rings is 3. The largest absolute Gasteiger partial charge is 0.325 e. The van der Waals surface area contributed by atoms with E-state index in [1.807, 2.05) is 24.3 Å². The molecular formula is C27H25NO. The number of hydrogen-bond acceptors (Lipinski definition) is 1. The third kappa shape index (κ3) is 2.59. The Balaban J connectivity index is 1.71. The smallest absolute Gasteiger partial charge is 0.232 e. The topological polar surface area (TPSA) is 20.3 Å². The van der Waals surface area contributed by atoms with E-state index in [0.717, 1.165) is 11.1 Å². The van der Waals surface area contributed by atoms with Gasteiger partial charge >= 0.3 is 0 Å². The van der Waals surface area contributed by atoms with Crippen molar-refractivity contribution < 1.29 is 4.79 Å². The zero-order chi connectivity index (χ0) is 20.0. The van der Waals surface area contributed by atoms with Gasteiger partial charge < -0.3 is 4.90 Å². The Kier molecular flexibility index (Phi) is 4.16. The standard InChI is InChI=1S/C27H25NO/c1-19(20-11-5-3-6-12-20)28-26(29)25-23-16-10-9-13-21(23)17-18-24(25)27(28,2)22-14-7-4-8-15-22/h3-19,24-25H,1-2H3/t19-,24-,25+,27+/m1/s1. The second-order valence-electron chi connectivity index (χ2n) is 8.30. The predicted molar refractivity (Wildman–Crippen MR) is 117 cm³/mol. The van der Waals surface area contributed by atoms with E-state index in [4.69, 9.17) is 0 Å². The molecule has 0 bridgehead atoms. The van der Waals surface area contributed by atoms with E-state index in [1.165, 1.54) is 11.1 Å². The minimum atomic E-state index is -0.414. The van der Waals surface area contributed by atoms with Crippen LogP contribution in [0.5, 0.6) is 0 Å². The van der Waals surface area contributed by atoms with Crippen molar-refractivity contribution in [3.63, 3.8) is 0 Å². The van der Waals surface area contributed by atoms with Crippen molar-refractivity contribution >= 4 is 12.0 Å². The number of carbonyl (C=O) groups excluding carboxylic acids is 1.